The number of allylic oxidation sites excluding steroid dienone is 1. The largest absolute Gasteiger partial charge is 0.139 e. The fraction of sp³-hybridized carbons (Fsp3) is 0.286. The maximum atomic E-state index is 2.40. The molecule has 0 amide bonds. The summed E-state index contributed by atoms with van der Waals surface area (Å²) in [5.41, 5.74) is 2.94. The Kier molecular flexibility index (Phi) is 1.37. The molecule has 0 saturated heterocycles. The highest BCUT2D eigenvalue weighted by molar-refractivity contribution is 7.19. The van der Waals surface area contributed by atoms with Crippen molar-refractivity contribution in [3.8, 4) is 0 Å². The van der Waals surface area contributed by atoms with E-state index in [0.29, 0.717) is 0 Å². The molecular formula is C14H12S. The Morgan fingerprint density at radius 3 is 3.20 bits per heavy atom. The van der Waals surface area contributed by atoms with Crippen LogP contribution in [0.3, 0.4) is 0 Å². The van der Waals surface area contributed by atoms with Gasteiger partial charge in [-0.05, 0) is 30.4 Å². The quantitative estimate of drug-likeness (QED) is 0.609. The molecule has 74 valence electrons. The highest BCUT2D eigenvalue weighted by Gasteiger charge is 2.41. The predicted octanol–water partition coefficient (Wildman–Crippen LogP) is 4.34. The average Bonchev–Trinajstić information content (AvgIpc) is 2.94. The Morgan fingerprint density at radius 2 is 2.27 bits per heavy atom. The standard InChI is InChI=1S/C14H12S/c1-8-3-2-4-10-11-6-5-9-7-12(9)14(11)15-13(8)10/h2-6,9,12H,7H2,1H3. The first kappa shape index (κ1) is 8.12. The second kappa shape index (κ2) is 2.53. The van der Waals surface area contributed by atoms with Crippen molar-refractivity contribution in [1.82, 2.24) is 0 Å². The van der Waals surface area contributed by atoms with Gasteiger partial charge in [0.25, 0.3) is 0 Å². The molecule has 4 rings (SSSR count). The van der Waals surface area contributed by atoms with Crippen molar-refractivity contribution < 1.29 is 0 Å². The molecule has 2 aliphatic carbocycles. The van der Waals surface area contributed by atoms with Gasteiger partial charge in [-0.3, -0.25) is 0 Å². The van der Waals surface area contributed by atoms with Crippen LogP contribution >= 0.6 is 11.3 Å². The monoisotopic (exact) mass is 212 g/mol. The second-order valence-electron chi connectivity index (χ2n) is 4.70. The summed E-state index contributed by atoms with van der Waals surface area (Å²) in [4.78, 5) is 1.65. The number of thiophene rings is 1. The summed E-state index contributed by atoms with van der Waals surface area (Å²) < 4.78 is 1.50. The summed E-state index contributed by atoms with van der Waals surface area (Å²) in [6.07, 6.45) is 6.14. The molecular weight excluding hydrogens is 200 g/mol. The minimum Gasteiger partial charge on any atom is -0.139 e. The van der Waals surface area contributed by atoms with Gasteiger partial charge in [0, 0.05) is 20.9 Å². The Morgan fingerprint density at radius 1 is 1.33 bits per heavy atom. The molecule has 1 aromatic heterocycles. The van der Waals surface area contributed by atoms with Gasteiger partial charge in [0.2, 0.25) is 0 Å². The van der Waals surface area contributed by atoms with E-state index in [1.54, 1.807) is 4.88 Å². The van der Waals surface area contributed by atoms with Crippen LogP contribution in [0.4, 0.5) is 0 Å². The minimum atomic E-state index is 0.863. The van der Waals surface area contributed by atoms with E-state index in [9.17, 15) is 0 Å². The lowest BCUT2D eigenvalue weighted by atomic mass is 10.0. The van der Waals surface area contributed by atoms with Crippen LogP contribution in [-0.2, 0) is 0 Å². The van der Waals surface area contributed by atoms with Gasteiger partial charge in [-0.15, -0.1) is 11.3 Å². The summed E-state index contributed by atoms with van der Waals surface area (Å²) in [7, 11) is 0. The number of aryl methyl sites for hydroxylation is 1. The van der Waals surface area contributed by atoms with Crippen molar-refractivity contribution >= 4 is 27.5 Å². The van der Waals surface area contributed by atoms with Gasteiger partial charge < -0.3 is 0 Å². The van der Waals surface area contributed by atoms with Crippen molar-refractivity contribution in [2.45, 2.75) is 19.3 Å². The van der Waals surface area contributed by atoms with E-state index in [1.165, 1.54) is 27.6 Å². The van der Waals surface area contributed by atoms with Gasteiger partial charge in [-0.25, -0.2) is 0 Å². The van der Waals surface area contributed by atoms with Crippen molar-refractivity contribution in [3.05, 3.63) is 40.3 Å². The Bertz CT molecular complexity index is 589. The van der Waals surface area contributed by atoms with E-state index in [4.69, 9.17) is 0 Å². The van der Waals surface area contributed by atoms with E-state index in [-0.39, 0.29) is 0 Å². The van der Waals surface area contributed by atoms with Crippen LogP contribution in [0.15, 0.2) is 24.3 Å². The van der Waals surface area contributed by atoms with Crippen molar-refractivity contribution in [2.75, 3.05) is 0 Å². The number of hydrogen-bond donors (Lipinski definition) is 0. The minimum absolute atomic E-state index is 0.863. The topological polar surface area (TPSA) is 0 Å². The molecule has 0 aliphatic heterocycles. The average molecular weight is 212 g/mol. The molecule has 2 atom stereocenters. The molecule has 2 unspecified atom stereocenters. The SMILES string of the molecule is Cc1cccc2c3c(sc12)C1CC1C=C3. The summed E-state index contributed by atoms with van der Waals surface area (Å²) in [5, 5.41) is 1.47. The highest BCUT2D eigenvalue weighted by atomic mass is 32.1. The Labute approximate surface area is 93.2 Å². The van der Waals surface area contributed by atoms with Gasteiger partial charge in [0.1, 0.15) is 0 Å². The summed E-state index contributed by atoms with van der Waals surface area (Å²) in [5.74, 6) is 1.73. The third kappa shape index (κ3) is 0.967. The van der Waals surface area contributed by atoms with E-state index < -0.39 is 0 Å². The molecule has 1 fully saturated rings. The fourth-order valence-electron chi connectivity index (χ4n) is 2.69. The van der Waals surface area contributed by atoms with E-state index >= 15 is 0 Å². The zero-order valence-electron chi connectivity index (χ0n) is 8.66. The van der Waals surface area contributed by atoms with Gasteiger partial charge in [0.15, 0.2) is 0 Å². The molecule has 1 heterocycles. The zero-order chi connectivity index (χ0) is 9.99. The molecule has 0 N–H and O–H groups in total. The predicted molar refractivity (Wildman–Crippen MR) is 66.4 cm³/mol. The first-order chi connectivity index (χ1) is 7.34. The first-order valence-corrected chi connectivity index (χ1v) is 6.36. The lowest BCUT2D eigenvalue weighted by Gasteiger charge is -2.02. The fourth-order valence-corrected chi connectivity index (χ4v) is 4.14. The van der Waals surface area contributed by atoms with Crippen molar-refractivity contribution in [2.24, 2.45) is 5.92 Å². The van der Waals surface area contributed by atoms with E-state index in [0.717, 1.165) is 11.8 Å². The smallest absolute Gasteiger partial charge is 0.0381 e. The molecule has 1 heteroatoms. The van der Waals surface area contributed by atoms with Gasteiger partial charge in [0.05, 0.1) is 0 Å². The molecule has 15 heavy (non-hydrogen) atoms. The zero-order valence-corrected chi connectivity index (χ0v) is 9.47. The number of rotatable bonds is 0. The van der Waals surface area contributed by atoms with E-state index in [2.05, 4.69) is 37.3 Å². The summed E-state index contributed by atoms with van der Waals surface area (Å²) in [6.45, 7) is 2.22. The summed E-state index contributed by atoms with van der Waals surface area (Å²) >= 11 is 2.02. The summed E-state index contributed by atoms with van der Waals surface area (Å²) in [6, 6.07) is 6.67. The van der Waals surface area contributed by atoms with Crippen molar-refractivity contribution in [3.63, 3.8) is 0 Å². The van der Waals surface area contributed by atoms with Crippen LogP contribution in [0.5, 0.6) is 0 Å². The normalized spacial score (nSPS) is 26.5. The lowest BCUT2D eigenvalue weighted by molar-refractivity contribution is 1.02. The maximum Gasteiger partial charge on any atom is 0.0381 e. The van der Waals surface area contributed by atoms with Crippen molar-refractivity contribution in [1.29, 1.82) is 0 Å². The van der Waals surface area contributed by atoms with Gasteiger partial charge >= 0.3 is 0 Å². The number of benzene rings is 1. The van der Waals surface area contributed by atoms with E-state index in [1.807, 2.05) is 11.3 Å². The van der Waals surface area contributed by atoms with Crippen LogP contribution < -0.4 is 0 Å². The maximum absolute atomic E-state index is 2.40. The van der Waals surface area contributed by atoms with Gasteiger partial charge in [-0.1, -0.05) is 30.4 Å². The molecule has 2 aliphatic rings. The molecule has 0 radical (unpaired) electrons. The Hall–Kier alpha value is -1.08. The first-order valence-electron chi connectivity index (χ1n) is 5.55. The second-order valence-corrected chi connectivity index (χ2v) is 5.75. The molecule has 2 aromatic rings. The molecule has 0 spiro atoms. The van der Waals surface area contributed by atoms with Crippen LogP contribution in [-0.4, -0.2) is 0 Å². The molecule has 1 aromatic carbocycles. The Balaban J connectivity index is 2.14. The van der Waals surface area contributed by atoms with Crippen LogP contribution in [0.2, 0.25) is 0 Å². The number of fused-ring (bicyclic) bond motifs is 5. The molecule has 1 saturated carbocycles. The van der Waals surface area contributed by atoms with Crippen LogP contribution in [0, 0.1) is 12.8 Å². The van der Waals surface area contributed by atoms with Gasteiger partial charge in [-0.2, -0.15) is 0 Å². The third-order valence-electron chi connectivity index (χ3n) is 3.67. The third-order valence-corrected chi connectivity index (χ3v) is 5.15. The highest BCUT2D eigenvalue weighted by Crippen LogP contribution is 2.56. The van der Waals surface area contributed by atoms with Crippen LogP contribution in [0.25, 0.3) is 16.2 Å². The lowest BCUT2D eigenvalue weighted by Crippen LogP contribution is -1.85. The van der Waals surface area contributed by atoms with Crippen LogP contribution in [0.1, 0.15) is 28.3 Å². The molecule has 0 nitrogen and oxygen atoms in total. The number of hydrogen-bond acceptors (Lipinski definition) is 1. The molecule has 0 bridgehead atoms.